The zero-order valence-electron chi connectivity index (χ0n) is 17.1. The first-order chi connectivity index (χ1) is 15.2. The van der Waals surface area contributed by atoms with E-state index in [0.29, 0.717) is 18.4 Å². The molecular weight excluding hydrogens is 388 g/mol. The lowest BCUT2D eigenvalue weighted by atomic mass is 10.0. The van der Waals surface area contributed by atoms with E-state index >= 15 is 0 Å². The van der Waals surface area contributed by atoms with Crippen LogP contribution in [0.25, 0.3) is 10.9 Å². The molecule has 0 bridgehead atoms. The van der Waals surface area contributed by atoms with Crippen LogP contribution in [0.4, 0.5) is 0 Å². The SMILES string of the molecule is O=C(N[C@@H](Cc1c[nH]c2ccccc12)C(=O)OCCc1ccccc1)c1ccccc1. The van der Waals surface area contributed by atoms with Gasteiger partial charge in [0, 0.05) is 35.5 Å². The summed E-state index contributed by atoms with van der Waals surface area (Å²) >= 11 is 0. The number of fused-ring (bicyclic) bond motifs is 1. The van der Waals surface area contributed by atoms with Crippen molar-refractivity contribution < 1.29 is 14.3 Å². The molecule has 4 aromatic rings. The van der Waals surface area contributed by atoms with Gasteiger partial charge >= 0.3 is 5.97 Å². The number of hydrogen-bond donors (Lipinski definition) is 2. The molecule has 1 heterocycles. The van der Waals surface area contributed by atoms with Gasteiger partial charge in [-0.15, -0.1) is 0 Å². The van der Waals surface area contributed by atoms with E-state index in [0.717, 1.165) is 22.0 Å². The number of carbonyl (C=O) groups is 2. The first-order valence-electron chi connectivity index (χ1n) is 10.3. The molecule has 1 aromatic heterocycles. The summed E-state index contributed by atoms with van der Waals surface area (Å²) in [6.07, 6.45) is 2.84. The van der Waals surface area contributed by atoms with Crippen molar-refractivity contribution in [2.45, 2.75) is 18.9 Å². The number of esters is 1. The third-order valence-corrected chi connectivity index (χ3v) is 5.20. The maximum absolute atomic E-state index is 12.9. The number of ether oxygens (including phenoxy) is 1. The molecule has 1 atom stereocenters. The summed E-state index contributed by atoms with van der Waals surface area (Å²) in [5.74, 6) is -0.740. The predicted octanol–water partition coefficient (Wildman–Crippen LogP) is 4.29. The second kappa shape index (κ2) is 9.76. The average Bonchev–Trinajstić information content (AvgIpc) is 3.22. The first kappa shape index (κ1) is 20.4. The van der Waals surface area contributed by atoms with Gasteiger partial charge in [-0.2, -0.15) is 0 Å². The molecule has 2 N–H and O–H groups in total. The topological polar surface area (TPSA) is 71.2 Å². The van der Waals surface area contributed by atoms with Gasteiger partial charge in [0.25, 0.3) is 5.91 Å². The zero-order valence-corrected chi connectivity index (χ0v) is 17.1. The van der Waals surface area contributed by atoms with Crippen LogP contribution in [-0.2, 0) is 22.4 Å². The number of carbonyl (C=O) groups excluding carboxylic acids is 2. The highest BCUT2D eigenvalue weighted by Gasteiger charge is 2.24. The maximum atomic E-state index is 12.9. The molecule has 0 unspecified atom stereocenters. The minimum absolute atomic E-state index is 0.258. The van der Waals surface area contributed by atoms with E-state index in [9.17, 15) is 9.59 Å². The molecule has 1 amide bonds. The van der Waals surface area contributed by atoms with Gasteiger partial charge < -0.3 is 15.0 Å². The number of amides is 1. The number of rotatable bonds is 8. The zero-order chi connectivity index (χ0) is 21.5. The molecule has 0 saturated carbocycles. The van der Waals surface area contributed by atoms with Crippen LogP contribution in [0, 0.1) is 0 Å². The Balaban J connectivity index is 1.48. The number of H-pyrrole nitrogens is 1. The van der Waals surface area contributed by atoms with Crippen LogP contribution in [0.2, 0.25) is 0 Å². The quantitative estimate of drug-likeness (QED) is 0.424. The molecule has 3 aromatic carbocycles. The van der Waals surface area contributed by atoms with Gasteiger partial charge in [-0.3, -0.25) is 4.79 Å². The fourth-order valence-electron chi connectivity index (χ4n) is 3.56. The smallest absolute Gasteiger partial charge is 0.329 e. The van der Waals surface area contributed by atoms with Crippen molar-refractivity contribution in [1.82, 2.24) is 10.3 Å². The second-order valence-corrected chi connectivity index (χ2v) is 7.36. The maximum Gasteiger partial charge on any atom is 0.329 e. The number of aromatic amines is 1. The Morgan fingerprint density at radius 2 is 1.55 bits per heavy atom. The highest BCUT2D eigenvalue weighted by Crippen LogP contribution is 2.19. The van der Waals surface area contributed by atoms with Crippen molar-refractivity contribution in [2.24, 2.45) is 0 Å². The highest BCUT2D eigenvalue weighted by atomic mass is 16.5. The molecule has 31 heavy (non-hydrogen) atoms. The molecular formula is C26H24N2O3. The summed E-state index contributed by atoms with van der Waals surface area (Å²) in [4.78, 5) is 28.9. The van der Waals surface area contributed by atoms with Crippen LogP contribution in [-0.4, -0.2) is 29.5 Å². The Bertz CT molecular complexity index is 1150. The van der Waals surface area contributed by atoms with E-state index in [4.69, 9.17) is 4.74 Å². The predicted molar refractivity (Wildman–Crippen MR) is 121 cm³/mol. The molecule has 0 fully saturated rings. The first-order valence-corrected chi connectivity index (χ1v) is 10.3. The number of para-hydroxylation sites is 1. The molecule has 5 heteroatoms. The van der Waals surface area contributed by atoms with Crippen LogP contribution < -0.4 is 5.32 Å². The normalized spacial score (nSPS) is 11.7. The Morgan fingerprint density at radius 3 is 2.32 bits per heavy atom. The van der Waals surface area contributed by atoms with Gasteiger partial charge in [0.15, 0.2) is 0 Å². The molecule has 0 aliphatic carbocycles. The summed E-state index contributed by atoms with van der Waals surface area (Å²) in [6.45, 7) is 0.258. The minimum atomic E-state index is -0.789. The van der Waals surface area contributed by atoms with Crippen molar-refractivity contribution in [3.8, 4) is 0 Å². The molecule has 0 aliphatic heterocycles. The molecule has 0 radical (unpaired) electrons. The number of hydrogen-bond acceptors (Lipinski definition) is 3. The summed E-state index contributed by atoms with van der Waals surface area (Å²) in [5, 5.41) is 3.88. The van der Waals surface area contributed by atoms with Crippen molar-refractivity contribution >= 4 is 22.8 Å². The second-order valence-electron chi connectivity index (χ2n) is 7.36. The monoisotopic (exact) mass is 412 g/mol. The number of nitrogens with one attached hydrogen (secondary N) is 2. The molecule has 4 rings (SSSR count). The van der Waals surface area contributed by atoms with E-state index in [-0.39, 0.29) is 12.5 Å². The van der Waals surface area contributed by atoms with Crippen LogP contribution in [0.5, 0.6) is 0 Å². The lowest BCUT2D eigenvalue weighted by Gasteiger charge is -2.18. The molecule has 0 aliphatic rings. The standard InChI is InChI=1S/C26H24N2O3/c29-25(20-11-5-2-6-12-20)28-24(17-21-18-27-23-14-8-7-13-22(21)23)26(30)31-16-15-19-9-3-1-4-10-19/h1-14,18,24,27H,15-17H2,(H,28,29)/t24-/m0/s1. The van der Waals surface area contributed by atoms with Gasteiger partial charge in [-0.1, -0.05) is 66.7 Å². The summed E-state index contributed by atoms with van der Waals surface area (Å²) < 4.78 is 5.54. The summed E-state index contributed by atoms with van der Waals surface area (Å²) in [6, 6.07) is 25.8. The Labute approximate surface area is 181 Å². The molecule has 0 spiro atoms. The number of aromatic nitrogens is 1. The third-order valence-electron chi connectivity index (χ3n) is 5.20. The lowest BCUT2D eigenvalue weighted by molar-refractivity contribution is -0.145. The Morgan fingerprint density at radius 1 is 0.871 bits per heavy atom. The van der Waals surface area contributed by atoms with Crippen LogP contribution in [0.15, 0.2) is 91.1 Å². The van der Waals surface area contributed by atoms with Crippen molar-refractivity contribution in [3.63, 3.8) is 0 Å². The Hall–Kier alpha value is -3.86. The van der Waals surface area contributed by atoms with Gasteiger partial charge in [-0.25, -0.2) is 4.79 Å². The van der Waals surface area contributed by atoms with Crippen LogP contribution in [0.1, 0.15) is 21.5 Å². The van der Waals surface area contributed by atoms with E-state index in [1.54, 1.807) is 24.3 Å². The van der Waals surface area contributed by atoms with Crippen molar-refractivity contribution in [2.75, 3.05) is 6.61 Å². The van der Waals surface area contributed by atoms with Gasteiger partial charge in [-0.05, 0) is 29.3 Å². The summed E-state index contributed by atoms with van der Waals surface area (Å²) in [7, 11) is 0. The van der Waals surface area contributed by atoms with Crippen LogP contribution >= 0.6 is 0 Å². The fourth-order valence-corrected chi connectivity index (χ4v) is 3.56. The highest BCUT2D eigenvalue weighted by molar-refractivity contribution is 5.97. The van der Waals surface area contributed by atoms with E-state index in [1.807, 2.05) is 66.9 Å². The third kappa shape index (κ3) is 5.20. The van der Waals surface area contributed by atoms with E-state index < -0.39 is 12.0 Å². The van der Waals surface area contributed by atoms with Crippen LogP contribution in [0.3, 0.4) is 0 Å². The van der Waals surface area contributed by atoms with E-state index in [2.05, 4.69) is 10.3 Å². The van der Waals surface area contributed by atoms with Gasteiger partial charge in [0.2, 0.25) is 0 Å². The van der Waals surface area contributed by atoms with Gasteiger partial charge in [0.05, 0.1) is 6.61 Å². The minimum Gasteiger partial charge on any atom is -0.464 e. The largest absolute Gasteiger partial charge is 0.464 e. The number of benzene rings is 3. The van der Waals surface area contributed by atoms with E-state index in [1.165, 1.54) is 0 Å². The van der Waals surface area contributed by atoms with Gasteiger partial charge in [0.1, 0.15) is 6.04 Å². The average molecular weight is 412 g/mol. The molecule has 0 saturated heterocycles. The van der Waals surface area contributed by atoms with Crippen molar-refractivity contribution in [3.05, 3.63) is 108 Å². The summed E-state index contributed by atoms with van der Waals surface area (Å²) in [5.41, 5.74) is 3.54. The Kier molecular flexibility index (Phi) is 6.43. The lowest BCUT2D eigenvalue weighted by Crippen LogP contribution is -2.43. The molecule has 156 valence electrons. The van der Waals surface area contributed by atoms with Crippen molar-refractivity contribution in [1.29, 1.82) is 0 Å². The molecule has 5 nitrogen and oxygen atoms in total. The fraction of sp³-hybridized carbons (Fsp3) is 0.154.